The Balaban J connectivity index is 2.56. The summed E-state index contributed by atoms with van der Waals surface area (Å²) >= 11 is 0. The van der Waals surface area contributed by atoms with Crippen LogP contribution in [-0.4, -0.2) is 11.0 Å². The van der Waals surface area contributed by atoms with Gasteiger partial charge in [0.1, 0.15) is 5.82 Å². The van der Waals surface area contributed by atoms with Crippen molar-refractivity contribution in [2.24, 2.45) is 0 Å². The van der Waals surface area contributed by atoms with E-state index in [0.29, 0.717) is 6.04 Å². The van der Waals surface area contributed by atoms with E-state index in [1.54, 1.807) is 0 Å². The van der Waals surface area contributed by atoms with Gasteiger partial charge >= 0.3 is 0 Å². The van der Waals surface area contributed by atoms with Gasteiger partial charge in [-0.2, -0.15) is 0 Å². The number of anilines is 1. The van der Waals surface area contributed by atoms with Gasteiger partial charge in [0.05, 0.1) is 0 Å². The lowest BCUT2D eigenvalue weighted by atomic mass is 10.0. The highest BCUT2D eigenvalue weighted by Crippen LogP contribution is 2.16. The second kappa shape index (κ2) is 7.26. The van der Waals surface area contributed by atoms with Crippen molar-refractivity contribution in [3.05, 3.63) is 23.9 Å². The number of nitrogens with one attached hydrogen (secondary N) is 1. The van der Waals surface area contributed by atoms with E-state index in [1.165, 1.54) is 37.7 Å². The monoisotopic (exact) mass is 220 g/mol. The third-order valence-corrected chi connectivity index (χ3v) is 2.89. The minimum atomic E-state index is 0.582. The lowest BCUT2D eigenvalue weighted by molar-refractivity contribution is 0.562. The van der Waals surface area contributed by atoms with Crippen molar-refractivity contribution < 1.29 is 0 Å². The van der Waals surface area contributed by atoms with Crippen LogP contribution in [0.25, 0.3) is 0 Å². The predicted molar refractivity (Wildman–Crippen MR) is 70.8 cm³/mol. The zero-order valence-corrected chi connectivity index (χ0v) is 10.8. The summed E-state index contributed by atoms with van der Waals surface area (Å²) in [6, 6.07) is 4.68. The van der Waals surface area contributed by atoms with Gasteiger partial charge in [0.25, 0.3) is 0 Å². The zero-order chi connectivity index (χ0) is 11.8. The summed E-state index contributed by atoms with van der Waals surface area (Å²) in [5.74, 6) is 1.05. The molecule has 1 unspecified atom stereocenters. The van der Waals surface area contributed by atoms with E-state index in [1.807, 2.05) is 12.3 Å². The lowest BCUT2D eigenvalue weighted by Gasteiger charge is -2.19. The molecular weight excluding hydrogens is 196 g/mol. The zero-order valence-electron chi connectivity index (χ0n) is 10.8. The standard InChI is InChI=1S/C14H24N2/c1-4-6-10-13(8-5-2)16-14-12(3)9-7-11-15-14/h7,9,11,13H,4-6,8,10H2,1-3H3,(H,15,16). The Labute approximate surface area is 99.5 Å². The Bertz CT molecular complexity index is 297. The van der Waals surface area contributed by atoms with Gasteiger partial charge in [0, 0.05) is 12.2 Å². The number of hydrogen-bond acceptors (Lipinski definition) is 2. The summed E-state index contributed by atoms with van der Waals surface area (Å²) in [7, 11) is 0. The molecule has 0 aliphatic heterocycles. The van der Waals surface area contributed by atoms with Crippen molar-refractivity contribution in [2.75, 3.05) is 5.32 Å². The number of unbranched alkanes of at least 4 members (excludes halogenated alkanes) is 1. The second-order valence-corrected chi connectivity index (χ2v) is 4.44. The average Bonchev–Trinajstić information content (AvgIpc) is 2.29. The van der Waals surface area contributed by atoms with Gasteiger partial charge < -0.3 is 5.32 Å². The molecule has 2 heteroatoms. The number of pyridine rings is 1. The van der Waals surface area contributed by atoms with Crippen LogP contribution in [-0.2, 0) is 0 Å². The first-order chi connectivity index (χ1) is 7.77. The van der Waals surface area contributed by atoms with Crippen LogP contribution in [0.3, 0.4) is 0 Å². The summed E-state index contributed by atoms with van der Waals surface area (Å²) in [5.41, 5.74) is 1.24. The van der Waals surface area contributed by atoms with Gasteiger partial charge in [-0.15, -0.1) is 0 Å². The van der Waals surface area contributed by atoms with Gasteiger partial charge in [-0.3, -0.25) is 0 Å². The molecule has 1 heterocycles. The SMILES string of the molecule is CCCCC(CCC)Nc1ncccc1C. The highest BCUT2D eigenvalue weighted by Gasteiger charge is 2.08. The highest BCUT2D eigenvalue weighted by atomic mass is 15.0. The molecule has 1 aromatic heterocycles. The first-order valence-electron chi connectivity index (χ1n) is 6.46. The van der Waals surface area contributed by atoms with Crippen LogP contribution in [0.5, 0.6) is 0 Å². The largest absolute Gasteiger partial charge is 0.367 e. The Hall–Kier alpha value is -1.05. The van der Waals surface area contributed by atoms with Crippen LogP contribution in [0.15, 0.2) is 18.3 Å². The van der Waals surface area contributed by atoms with Crippen molar-refractivity contribution in [3.63, 3.8) is 0 Å². The minimum absolute atomic E-state index is 0.582. The second-order valence-electron chi connectivity index (χ2n) is 4.44. The maximum Gasteiger partial charge on any atom is 0.129 e. The molecule has 0 saturated heterocycles. The molecule has 1 N–H and O–H groups in total. The Morgan fingerprint density at radius 2 is 2.06 bits per heavy atom. The average molecular weight is 220 g/mol. The number of rotatable bonds is 7. The van der Waals surface area contributed by atoms with Crippen LogP contribution < -0.4 is 5.32 Å². The van der Waals surface area contributed by atoms with Crippen LogP contribution in [0, 0.1) is 6.92 Å². The van der Waals surface area contributed by atoms with E-state index in [0.717, 1.165) is 5.82 Å². The molecule has 1 aromatic rings. The highest BCUT2D eigenvalue weighted by molar-refractivity contribution is 5.43. The first-order valence-corrected chi connectivity index (χ1v) is 6.46. The van der Waals surface area contributed by atoms with E-state index >= 15 is 0 Å². The summed E-state index contributed by atoms with van der Waals surface area (Å²) in [4.78, 5) is 4.40. The third kappa shape index (κ3) is 4.21. The molecule has 0 radical (unpaired) electrons. The number of aryl methyl sites for hydroxylation is 1. The Kier molecular flexibility index (Phi) is 5.91. The fraction of sp³-hybridized carbons (Fsp3) is 0.643. The molecule has 16 heavy (non-hydrogen) atoms. The Morgan fingerprint density at radius 1 is 1.25 bits per heavy atom. The maximum absolute atomic E-state index is 4.40. The van der Waals surface area contributed by atoms with Crippen molar-refractivity contribution in [3.8, 4) is 0 Å². The topological polar surface area (TPSA) is 24.9 Å². The third-order valence-electron chi connectivity index (χ3n) is 2.89. The van der Waals surface area contributed by atoms with E-state index in [9.17, 15) is 0 Å². The summed E-state index contributed by atoms with van der Waals surface area (Å²) in [6.45, 7) is 6.60. The summed E-state index contributed by atoms with van der Waals surface area (Å²) < 4.78 is 0. The van der Waals surface area contributed by atoms with Crippen molar-refractivity contribution >= 4 is 5.82 Å². The maximum atomic E-state index is 4.40. The molecule has 1 atom stereocenters. The van der Waals surface area contributed by atoms with E-state index in [2.05, 4.69) is 37.1 Å². The van der Waals surface area contributed by atoms with Crippen LogP contribution >= 0.6 is 0 Å². The van der Waals surface area contributed by atoms with E-state index in [-0.39, 0.29) is 0 Å². The minimum Gasteiger partial charge on any atom is -0.367 e. The molecule has 0 aliphatic carbocycles. The molecule has 2 nitrogen and oxygen atoms in total. The number of hydrogen-bond donors (Lipinski definition) is 1. The molecule has 1 rings (SSSR count). The van der Waals surface area contributed by atoms with Crippen LogP contribution in [0.4, 0.5) is 5.82 Å². The fourth-order valence-corrected chi connectivity index (χ4v) is 1.92. The molecule has 0 bridgehead atoms. The van der Waals surface area contributed by atoms with Crippen LogP contribution in [0.2, 0.25) is 0 Å². The molecule has 0 aromatic carbocycles. The molecule has 0 spiro atoms. The van der Waals surface area contributed by atoms with Gasteiger partial charge in [-0.05, 0) is 31.4 Å². The van der Waals surface area contributed by atoms with E-state index in [4.69, 9.17) is 0 Å². The fourth-order valence-electron chi connectivity index (χ4n) is 1.92. The quantitative estimate of drug-likeness (QED) is 0.746. The molecular formula is C14H24N2. The molecule has 0 aliphatic rings. The van der Waals surface area contributed by atoms with Crippen LogP contribution in [0.1, 0.15) is 51.5 Å². The van der Waals surface area contributed by atoms with Gasteiger partial charge in [-0.25, -0.2) is 4.98 Å². The molecule has 0 amide bonds. The normalized spacial score (nSPS) is 12.4. The van der Waals surface area contributed by atoms with Gasteiger partial charge in [-0.1, -0.05) is 39.2 Å². The first kappa shape index (κ1) is 13.0. The van der Waals surface area contributed by atoms with Gasteiger partial charge in [0.15, 0.2) is 0 Å². The summed E-state index contributed by atoms with van der Waals surface area (Å²) in [6.07, 6.45) is 8.13. The van der Waals surface area contributed by atoms with Crippen molar-refractivity contribution in [1.29, 1.82) is 0 Å². The molecule has 0 fully saturated rings. The summed E-state index contributed by atoms with van der Waals surface area (Å²) in [5, 5.41) is 3.57. The van der Waals surface area contributed by atoms with E-state index < -0.39 is 0 Å². The van der Waals surface area contributed by atoms with Crippen molar-refractivity contribution in [1.82, 2.24) is 4.98 Å². The number of nitrogens with zero attached hydrogens (tertiary/aromatic N) is 1. The predicted octanol–water partition coefficient (Wildman–Crippen LogP) is 4.16. The van der Waals surface area contributed by atoms with Gasteiger partial charge in [0.2, 0.25) is 0 Å². The Morgan fingerprint density at radius 3 is 2.69 bits per heavy atom. The lowest BCUT2D eigenvalue weighted by Crippen LogP contribution is -2.20. The molecule has 90 valence electrons. The molecule has 0 saturated carbocycles. The van der Waals surface area contributed by atoms with Crippen molar-refractivity contribution in [2.45, 2.75) is 58.9 Å². The number of aromatic nitrogens is 1. The smallest absolute Gasteiger partial charge is 0.129 e.